The first-order valence-corrected chi connectivity index (χ1v) is 13.7. The van der Waals surface area contributed by atoms with Gasteiger partial charge in [-0.05, 0) is 66.8 Å². The molecule has 1 N–H and O–H groups in total. The maximum atomic E-state index is 13.6. The molecule has 0 spiro atoms. The standard InChI is InChI=1S/C30H28N4OS/c35-30-27-24-14-13-22(33-25-12-4-7-19-6-1-2-11-23(19)25)16-26(24)36-29(27)32-18-34(30)17-21-9-3-8-20-10-5-15-31-28(20)21/h1-3,5-6,8-11,15,18,22,25,33H,4,7,12-14,16-17H2. The zero-order valence-electron chi connectivity index (χ0n) is 20.1. The Bertz CT molecular complexity index is 1650. The van der Waals surface area contributed by atoms with Crippen LogP contribution in [0.25, 0.3) is 21.1 Å². The van der Waals surface area contributed by atoms with Gasteiger partial charge < -0.3 is 5.32 Å². The molecule has 5 aromatic rings. The molecule has 0 saturated carbocycles. The largest absolute Gasteiger partial charge is 0.307 e. The van der Waals surface area contributed by atoms with E-state index < -0.39 is 0 Å². The lowest BCUT2D eigenvalue weighted by atomic mass is 9.86. The second-order valence-corrected chi connectivity index (χ2v) is 11.2. The van der Waals surface area contributed by atoms with Crippen LogP contribution in [0.4, 0.5) is 0 Å². The summed E-state index contributed by atoms with van der Waals surface area (Å²) in [7, 11) is 0. The van der Waals surface area contributed by atoms with Crippen molar-refractivity contribution in [2.24, 2.45) is 0 Å². The molecule has 36 heavy (non-hydrogen) atoms. The minimum Gasteiger partial charge on any atom is -0.307 e. The van der Waals surface area contributed by atoms with E-state index in [2.05, 4.69) is 52.8 Å². The van der Waals surface area contributed by atoms with Gasteiger partial charge in [-0.25, -0.2) is 4.98 Å². The number of hydrogen-bond acceptors (Lipinski definition) is 5. The van der Waals surface area contributed by atoms with Crippen LogP contribution in [0, 0.1) is 0 Å². The van der Waals surface area contributed by atoms with Gasteiger partial charge in [0.25, 0.3) is 5.56 Å². The molecule has 5 nitrogen and oxygen atoms in total. The molecular weight excluding hydrogens is 464 g/mol. The van der Waals surface area contributed by atoms with E-state index in [4.69, 9.17) is 4.98 Å². The maximum Gasteiger partial charge on any atom is 0.262 e. The Morgan fingerprint density at radius 2 is 1.92 bits per heavy atom. The first kappa shape index (κ1) is 21.9. The van der Waals surface area contributed by atoms with E-state index in [1.54, 1.807) is 22.2 Å². The number of pyridine rings is 1. The lowest BCUT2D eigenvalue weighted by Gasteiger charge is -2.32. The summed E-state index contributed by atoms with van der Waals surface area (Å²) in [6.45, 7) is 0.478. The van der Waals surface area contributed by atoms with Gasteiger partial charge in [0.1, 0.15) is 4.83 Å². The van der Waals surface area contributed by atoms with Gasteiger partial charge in [0.2, 0.25) is 0 Å². The van der Waals surface area contributed by atoms with Gasteiger partial charge >= 0.3 is 0 Å². The van der Waals surface area contributed by atoms with Crippen LogP contribution < -0.4 is 10.9 Å². The third-order valence-electron chi connectivity index (χ3n) is 7.90. The number of thiophene rings is 1. The van der Waals surface area contributed by atoms with Crippen molar-refractivity contribution in [1.82, 2.24) is 19.9 Å². The van der Waals surface area contributed by atoms with E-state index in [0.29, 0.717) is 18.6 Å². The van der Waals surface area contributed by atoms with E-state index in [1.807, 2.05) is 18.3 Å². The van der Waals surface area contributed by atoms with Crippen LogP contribution in [0.15, 0.2) is 71.9 Å². The Morgan fingerprint density at radius 1 is 1.00 bits per heavy atom. The van der Waals surface area contributed by atoms with Crippen LogP contribution in [-0.4, -0.2) is 20.6 Å². The summed E-state index contributed by atoms with van der Waals surface area (Å²) in [6, 6.07) is 19.9. The van der Waals surface area contributed by atoms with Gasteiger partial charge in [0.15, 0.2) is 0 Å². The van der Waals surface area contributed by atoms with E-state index >= 15 is 0 Å². The third-order valence-corrected chi connectivity index (χ3v) is 9.06. The highest BCUT2D eigenvalue weighted by Crippen LogP contribution is 2.36. The van der Waals surface area contributed by atoms with Crippen LogP contribution in [0.1, 0.15) is 52.4 Å². The van der Waals surface area contributed by atoms with Crippen molar-refractivity contribution in [2.75, 3.05) is 0 Å². The number of aryl methyl sites for hydroxylation is 2. The molecule has 180 valence electrons. The predicted octanol–water partition coefficient (Wildman–Crippen LogP) is 5.58. The first-order valence-electron chi connectivity index (χ1n) is 12.9. The molecule has 0 fully saturated rings. The third kappa shape index (κ3) is 3.76. The summed E-state index contributed by atoms with van der Waals surface area (Å²) < 4.78 is 1.75. The Balaban J connectivity index is 1.17. The molecule has 3 aromatic heterocycles. The molecule has 2 unspecified atom stereocenters. The van der Waals surface area contributed by atoms with Gasteiger partial charge in [0, 0.05) is 28.5 Å². The van der Waals surface area contributed by atoms with Crippen LogP contribution >= 0.6 is 11.3 Å². The zero-order chi connectivity index (χ0) is 24.1. The van der Waals surface area contributed by atoms with E-state index in [1.165, 1.54) is 40.8 Å². The molecule has 2 atom stereocenters. The molecule has 2 aliphatic rings. The molecule has 2 aliphatic carbocycles. The number of hydrogen-bond donors (Lipinski definition) is 1. The molecule has 0 aliphatic heterocycles. The van der Waals surface area contributed by atoms with Crippen molar-refractivity contribution < 1.29 is 0 Å². The number of fused-ring (bicyclic) bond motifs is 5. The van der Waals surface area contributed by atoms with Crippen molar-refractivity contribution in [1.29, 1.82) is 0 Å². The average Bonchev–Trinajstić information content (AvgIpc) is 3.29. The van der Waals surface area contributed by atoms with Crippen molar-refractivity contribution in [3.05, 3.63) is 105 Å². The molecule has 6 heteroatoms. The van der Waals surface area contributed by atoms with E-state index in [-0.39, 0.29) is 5.56 Å². The summed E-state index contributed by atoms with van der Waals surface area (Å²) in [5.41, 5.74) is 6.23. The van der Waals surface area contributed by atoms with E-state index in [9.17, 15) is 4.79 Å². The van der Waals surface area contributed by atoms with Crippen molar-refractivity contribution in [3.63, 3.8) is 0 Å². The summed E-state index contributed by atoms with van der Waals surface area (Å²) in [5, 5.41) is 5.88. The molecule has 0 saturated heterocycles. The molecule has 0 bridgehead atoms. The number of rotatable bonds is 4. The molecular formula is C30H28N4OS. The van der Waals surface area contributed by atoms with Crippen LogP contribution in [0.5, 0.6) is 0 Å². The Morgan fingerprint density at radius 3 is 2.89 bits per heavy atom. The molecule has 3 heterocycles. The molecule has 7 rings (SSSR count). The second-order valence-electron chi connectivity index (χ2n) is 10.1. The quantitative estimate of drug-likeness (QED) is 0.356. The van der Waals surface area contributed by atoms with Crippen LogP contribution in [0.2, 0.25) is 0 Å². The highest BCUT2D eigenvalue weighted by Gasteiger charge is 2.28. The minimum absolute atomic E-state index is 0.0676. The highest BCUT2D eigenvalue weighted by atomic mass is 32.1. The molecule has 0 radical (unpaired) electrons. The minimum atomic E-state index is 0.0676. The number of para-hydroxylation sites is 1. The maximum absolute atomic E-state index is 13.6. The number of nitrogens with one attached hydrogen (secondary N) is 1. The second kappa shape index (κ2) is 8.95. The smallest absolute Gasteiger partial charge is 0.262 e. The van der Waals surface area contributed by atoms with Crippen LogP contribution in [0.3, 0.4) is 0 Å². The monoisotopic (exact) mass is 492 g/mol. The van der Waals surface area contributed by atoms with Gasteiger partial charge in [-0.2, -0.15) is 0 Å². The number of nitrogens with zero attached hydrogens (tertiary/aromatic N) is 3. The lowest BCUT2D eigenvalue weighted by molar-refractivity contribution is 0.370. The van der Waals surface area contributed by atoms with Crippen molar-refractivity contribution >= 4 is 32.5 Å². The van der Waals surface area contributed by atoms with Gasteiger partial charge in [-0.1, -0.05) is 48.5 Å². The SMILES string of the molecule is O=c1c2c3c(sc2ncn1Cc1cccc2cccnc12)CC(NC1CCCc2ccccc21)CC3. The van der Waals surface area contributed by atoms with Gasteiger partial charge in [-0.3, -0.25) is 14.3 Å². The first-order chi connectivity index (χ1) is 17.7. The Kier molecular flexibility index (Phi) is 5.44. The van der Waals surface area contributed by atoms with E-state index in [0.717, 1.165) is 45.9 Å². The summed E-state index contributed by atoms with van der Waals surface area (Å²) in [4.78, 5) is 25.1. The average molecular weight is 493 g/mol. The highest BCUT2D eigenvalue weighted by molar-refractivity contribution is 7.18. The normalized spacial score (nSPS) is 19.3. The number of aromatic nitrogens is 3. The summed E-state index contributed by atoms with van der Waals surface area (Å²) >= 11 is 1.71. The lowest BCUT2D eigenvalue weighted by Crippen LogP contribution is -2.38. The van der Waals surface area contributed by atoms with Gasteiger partial charge in [0.05, 0.1) is 23.8 Å². The topological polar surface area (TPSA) is 59.8 Å². The fourth-order valence-corrected chi connectivity index (χ4v) is 7.40. The summed E-state index contributed by atoms with van der Waals surface area (Å²) in [6.07, 6.45) is 10.1. The predicted molar refractivity (Wildman–Crippen MR) is 146 cm³/mol. The fourth-order valence-electron chi connectivity index (χ4n) is 6.15. The van der Waals surface area contributed by atoms with Gasteiger partial charge in [-0.15, -0.1) is 11.3 Å². The molecule has 2 aromatic carbocycles. The summed E-state index contributed by atoms with van der Waals surface area (Å²) in [5.74, 6) is 0. The molecule has 0 amide bonds. The van der Waals surface area contributed by atoms with Crippen LogP contribution in [-0.2, 0) is 25.8 Å². The zero-order valence-corrected chi connectivity index (χ0v) is 20.9. The van der Waals surface area contributed by atoms with Crippen molar-refractivity contribution in [2.45, 2.75) is 57.2 Å². The Hall–Kier alpha value is -3.35. The fraction of sp³-hybridized carbons (Fsp3) is 0.300. The number of benzene rings is 2. The Labute approximate surface area is 213 Å². The van der Waals surface area contributed by atoms with Crippen molar-refractivity contribution in [3.8, 4) is 0 Å².